The summed E-state index contributed by atoms with van der Waals surface area (Å²) in [6.07, 6.45) is 10.7. The van der Waals surface area contributed by atoms with Crippen LogP contribution in [0.5, 0.6) is 5.75 Å². The first-order valence-electron chi connectivity index (χ1n) is 7.61. The van der Waals surface area contributed by atoms with Gasteiger partial charge in [0.1, 0.15) is 0 Å². The molecule has 1 aliphatic carbocycles. The van der Waals surface area contributed by atoms with Crippen molar-refractivity contribution in [1.29, 1.82) is 0 Å². The van der Waals surface area contributed by atoms with Crippen LogP contribution in [0.1, 0.15) is 63.6 Å². The van der Waals surface area contributed by atoms with E-state index in [9.17, 15) is 0 Å². The average molecular weight is 265 g/mol. The fraction of sp³-hybridized carbons (Fsp3) is 0.800. The molecular weight excluding hydrogens is 238 g/mol. The molecule has 0 amide bonds. The molecule has 1 atom stereocenters. The monoisotopic (exact) mass is 265 g/mol. The number of hydrogen-bond donors (Lipinski definition) is 1. The van der Waals surface area contributed by atoms with Gasteiger partial charge in [-0.2, -0.15) is 5.10 Å². The second-order valence-corrected chi connectivity index (χ2v) is 5.67. The molecule has 1 fully saturated rings. The number of ether oxygens (including phenoxy) is 1. The van der Waals surface area contributed by atoms with Crippen LogP contribution in [-0.2, 0) is 6.54 Å². The molecule has 4 nitrogen and oxygen atoms in total. The van der Waals surface area contributed by atoms with Gasteiger partial charge in [0.15, 0.2) is 5.75 Å². The van der Waals surface area contributed by atoms with Crippen molar-refractivity contribution in [3.63, 3.8) is 0 Å². The van der Waals surface area contributed by atoms with Gasteiger partial charge in [-0.1, -0.05) is 39.0 Å². The summed E-state index contributed by atoms with van der Waals surface area (Å²) in [7, 11) is 1.70. The van der Waals surface area contributed by atoms with Crippen molar-refractivity contribution in [3.8, 4) is 5.75 Å². The van der Waals surface area contributed by atoms with E-state index in [1.807, 2.05) is 4.68 Å². The molecule has 19 heavy (non-hydrogen) atoms. The summed E-state index contributed by atoms with van der Waals surface area (Å²) < 4.78 is 7.44. The lowest BCUT2D eigenvalue weighted by Crippen LogP contribution is -2.21. The van der Waals surface area contributed by atoms with E-state index in [2.05, 4.69) is 12.0 Å². The van der Waals surface area contributed by atoms with Crippen LogP contribution in [0.3, 0.4) is 0 Å². The number of aromatic nitrogens is 2. The van der Waals surface area contributed by atoms with Crippen LogP contribution >= 0.6 is 0 Å². The van der Waals surface area contributed by atoms with Gasteiger partial charge in [0, 0.05) is 6.54 Å². The van der Waals surface area contributed by atoms with Crippen LogP contribution in [0.2, 0.25) is 0 Å². The second-order valence-electron chi connectivity index (χ2n) is 5.67. The van der Waals surface area contributed by atoms with E-state index in [0.717, 1.165) is 36.7 Å². The molecule has 1 aliphatic rings. The summed E-state index contributed by atoms with van der Waals surface area (Å²) in [5.41, 5.74) is 7.52. The van der Waals surface area contributed by atoms with Gasteiger partial charge in [0.05, 0.1) is 25.0 Å². The minimum atomic E-state index is 0.0482. The molecule has 1 unspecified atom stereocenters. The molecule has 2 rings (SSSR count). The number of rotatable bonds is 6. The van der Waals surface area contributed by atoms with Crippen LogP contribution in [0.4, 0.5) is 0 Å². The van der Waals surface area contributed by atoms with E-state index >= 15 is 0 Å². The highest BCUT2D eigenvalue weighted by Gasteiger charge is 2.23. The van der Waals surface area contributed by atoms with Crippen LogP contribution in [0.25, 0.3) is 0 Å². The van der Waals surface area contributed by atoms with Gasteiger partial charge in [-0.3, -0.25) is 4.68 Å². The van der Waals surface area contributed by atoms with Crippen molar-refractivity contribution in [2.24, 2.45) is 11.7 Å². The Morgan fingerprint density at radius 1 is 1.42 bits per heavy atom. The Labute approximate surface area is 116 Å². The van der Waals surface area contributed by atoms with Crippen molar-refractivity contribution in [2.75, 3.05) is 7.11 Å². The molecule has 0 aliphatic heterocycles. The number of hydrogen-bond acceptors (Lipinski definition) is 3. The minimum Gasteiger partial charge on any atom is -0.493 e. The Hall–Kier alpha value is -1.03. The number of aryl methyl sites for hydroxylation is 1. The quantitative estimate of drug-likeness (QED) is 0.859. The van der Waals surface area contributed by atoms with Crippen molar-refractivity contribution >= 4 is 0 Å². The van der Waals surface area contributed by atoms with Gasteiger partial charge >= 0.3 is 0 Å². The highest BCUT2D eigenvalue weighted by molar-refractivity contribution is 5.28. The Balaban J connectivity index is 2.07. The predicted octanol–water partition coefficient (Wildman–Crippen LogP) is 3.27. The molecule has 0 aromatic carbocycles. The van der Waals surface area contributed by atoms with Gasteiger partial charge in [0.2, 0.25) is 0 Å². The van der Waals surface area contributed by atoms with Gasteiger partial charge in [-0.05, 0) is 18.8 Å². The molecular formula is C15H27N3O. The molecule has 1 aromatic rings. The van der Waals surface area contributed by atoms with Crippen LogP contribution in [0, 0.1) is 5.92 Å². The fourth-order valence-corrected chi connectivity index (χ4v) is 3.19. The third-order valence-corrected chi connectivity index (χ3v) is 4.16. The van der Waals surface area contributed by atoms with E-state index in [1.54, 1.807) is 13.3 Å². The lowest BCUT2D eigenvalue weighted by atomic mass is 9.84. The number of nitrogens with two attached hydrogens (primary N) is 1. The molecule has 1 aromatic heterocycles. The van der Waals surface area contributed by atoms with Gasteiger partial charge in [0.25, 0.3) is 0 Å². The van der Waals surface area contributed by atoms with Crippen molar-refractivity contribution in [2.45, 2.75) is 64.5 Å². The minimum absolute atomic E-state index is 0.0482. The Bertz CT molecular complexity index is 383. The molecule has 4 heteroatoms. The summed E-state index contributed by atoms with van der Waals surface area (Å²) in [6.45, 7) is 3.07. The fourth-order valence-electron chi connectivity index (χ4n) is 3.19. The first kappa shape index (κ1) is 14.4. The second kappa shape index (κ2) is 6.94. The Kier molecular flexibility index (Phi) is 5.25. The SMILES string of the molecule is CCCn1ncc(OC)c1C(N)CC1CCCCC1. The maximum atomic E-state index is 6.44. The molecule has 0 spiro atoms. The van der Waals surface area contributed by atoms with E-state index in [1.165, 1.54) is 32.1 Å². The highest BCUT2D eigenvalue weighted by atomic mass is 16.5. The predicted molar refractivity (Wildman–Crippen MR) is 77.2 cm³/mol. The molecule has 1 saturated carbocycles. The summed E-state index contributed by atoms with van der Waals surface area (Å²) in [6, 6.07) is 0.0482. The standard InChI is InChI=1S/C15H27N3O/c1-3-9-18-15(14(19-2)11-17-18)13(16)10-12-7-5-4-6-8-12/h11-13H,3-10,16H2,1-2H3. The normalized spacial score (nSPS) is 18.5. The lowest BCUT2D eigenvalue weighted by Gasteiger charge is -2.25. The molecule has 2 N–H and O–H groups in total. The summed E-state index contributed by atoms with van der Waals surface area (Å²) in [5, 5.41) is 4.40. The third-order valence-electron chi connectivity index (χ3n) is 4.16. The van der Waals surface area contributed by atoms with E-state index < -0.39 is 0 Å². The lowest BCUT2D eigenvalue weighted by molar-refractivity contribution is 0.309. The molecule has 1 heterocycles. The van der Waals surface area contributed by atoms with E-state index in [0.29, 0.717) is 0 Å². The van der Waals surface area contributed by atoms with Crippen LogP contribution < -0.4 is 10.5 Å². The molecule has 0 bridgehead atoms. The van der Waals surface area contributed by atoms with E-state index in [4.69, 9.17) is 10.5 Å². The maximum absolute atomic E-state index is 6.44. The number of methoxy groups -OCH3 is 1. The van der Waals surface area contributed by atoms with E-state index in [-0.39, 0.29) is 6.04 Å². The Morgan fingerprint density at radius 3 is 2.79 bits per heavy atom. The average Bonchev–Trinajstić information content (AvgIpc) is 2.83. The summed E-state index contributed by atoms with van der Waals surface area (Å²) in [5.74, 6) is 1.62. The zero-order valence-electron chi connectivity index (χ0n) is 12.3. The van der Waals surface area contributed by atoms with Crippen LogP contribution in [0.15, 0.2) is 6.20 Å². The first-order chi connectivity index (χ1) is 9.26. The molecule has 108 valence electrons. The molecule has 0 saturated heterocycles. The Morgan fingerprint density at radius 2 is 2.16 bits per heavy atom. The summed E-state index contributed by atoms with van der Waals surface area (Å²) in [4.78, 5) is 0. The van der Waals surface area contributed by atoms with Gasteiger partial charge in [-0.25, -0.2) is 0 Å². The topological polar surface area (TPSA) is 53.1 Å². The van der Waals surface area contributed by atoms with Crippen molar-refractivity contribution in [3.05, 3.63) is 11.9 Å². The zero-order chi connectivity index (χ0) is 13.7. The smallest absolute Gasteiger partial charge is 0.161 e. The van der Waals surface area contributed by atoms with Crippen molar-refractivity contribution < 1.29 is 4.74 Å². The highest BCUT2D eigenvalue weighted by Crippen LogP contribution is 2.33. The maximum Gasteiger partial charge on any atom is 0.161 e. The van der Waals surface area contributed by atoms with Gasteiger partial charge in [-0.15, -0.1) is 0 Å². The summed E-state index contributed by atoms with van der Waals surface area (Å²) >= 11 is 0. The largest absolute Gasteiger partial charge is 0.493 e. The first-order valence-corrected chi connectivity index (χ1v) is 7.61. The van der Waals surface area contributed by atoms with Gasteiger partial charge < -0.3 is 10.5 Å². The number of nitrogens with zero attached hydrogens (tertiary/aromatic N) is 2. The zero-order valence-corrected chi connectivity index (χ0v) is 12.3. The van der Waals surface area contributed by atoms with Crippen LogP contribution in [-0.4, -0.2) is 16.9 Å². The molecule has 0 radical (unpaired) electrons. The van der Waals surface area contributed by atoms with Crippen molar-refractivity contribution in [1.82, 2.24) is 9.78 Å². The third kappa shape index (κ3) is 3.50.